The normalized spacial score (nSPS) is 15.4. The first-order chi connectivity index (χ1) is 11.8. The summed E-state index contributed by atoms with van der Waals surface area (Å²) in [5.74, 6) is -2.87. The minimum Gasteiger partial charge on any atom is -0.478 e. The van der Waals surface area contributed by atoms with E-state index in [0.29, 0.717) is 11.1 Å². The highest BCUT2D eigenvalue weighted by Crippen LogP contribution is 2.33. The highest BCUT2D eigenvalue weighted by molar-refractivity contribution is 6.09. The summed E-state index contributed by atoms with van der Waals surface area (Å²) in [6.07, 6.45) is 0. The number of rotatable bonds is 4. The van der Waals surface area contributed by atoms with Gasteiger partial charge in [-0.2, -0.15) is 0 Å². The summed E-state index contributed by atoms with van der Waals surface area (Å²) in [7, 11) is 0. The lowest BCUT2D eigenvalue weighted by Gasteiger charge is -2.27. The summed E-state index contributed by atoms with van der Waals surface area (Å²) < 4.78 is 0. The fourth-order valence-electron chi connectivity index (χ4n) is 2.75. The molecular formula is C17H12N2O6. The Labute approximate surface area is 141 Å². The van der Waals surface area contributed by atoms with Crippen molar-refractivity contribution in [3.8, 4) is 0 Å². The molecule has 126 valence electrons. The number of nitrogens with one attached hydrogen (secondary N) is 2. The number of amides is 3. The molecule has 0 bridgehead atoms. The number of benzene rings is 2. The number of aromatic carboxylic acids is 2. The van der Waals surface area contributed by atoms with Gasteiger partial charge >= 0.3 is 18.0 Å². The third-order valence-electron chi connectivity index (χ3n) is 4.00. The summed E-state index contributed by atoms with van der Waals surface area (Å²) in [4.78, 5) is 46.2. The zero-order valence-corrected chi connectivity index (χ0v) is 12.6. The first-order valence-corrected chi connectivity index (χ1v) is 7.16. The molecule has 0 aliphatic carbocycles. The van der Waals surface area contributed by atoms with Crippen molar-refractivity contribution in [1.82, 2.24) is 10.6 Å². The molecule has 0 spiro atoms. The fourth-order valence-corrected chi connectivity index (χ4v) is 2.75. The maximum atomic E-state index is 12.5. The molecule has 0 atom stereocenters. The van der Waals surface area contributed by atoms with Crippen LogP contribution in [0.25, 0.3) is 0 Å². The number of carboxylic acids is 2. The van der Waals surface area contributed by atoms with Crippen molar-refractivity contribution in [1.29, 1.82) is 0 Å². The minimum absolute atomic E-state index is 0.0323. The highest BCUT2D eigenvalue weighted by Gasteiger charge is 2.49. The zero-order valence-electron chi connectivity index (χ0n) is 12.6. The van der Waals surface area contributed by atoms with Gasteiger partial charge in [-0.05, 0) is 35.4 Å². The van der Waals surface area contributed by atoms with E-state index >= 15 is 0 Å². The van der Waals surface area contributed by atoms with E-state index in [1.54, 1.807) is 0 Å². The topological polar surface area (TPSA) is 133 Å². The SMILES string of the molecule is O=C1NC(=O)C(c2ccc(C(=O)O)cc2)(c2ccc(C(=O)O)cc2)N1. The van der Waals surface area contributed by atoms with Crippen molar-refractivity contribution in [2.24, 2.45) is 0 Å². The Morgan fingerprint density at radius 3 is 1.44 bits per heavy atom. The van der Waals surface area contributed by atoms with E-state index in [2.05, 4.69) is 10.6 Å². The van der Waals surface area contributed by atoms with Gasteiger partial charge in [0.15, 0.2) is 5.54 Å². The second-order valence-corrected chi connectivity index (χ2v) is 5.42. The van der Waals surface area contributed by atoms with Gasteiger partial charge in [0.1, 0.15) is 0 Å². The number of hydrogen-bond acceptors (Lipinski definition) is 4. The van der Waals surface area contributed by atoms with Crippen LogP contribution < -0.4 is 10.6 Å². The molecule has 1 aliphatic heterocycles. The lowest BCUT2D eigenvalue weighted by molar-refractivity contribution is -0.122. The highest BCUT2D eigenvalue weighted by atomic mass is 16.4. The summed E-state index contributed by atoms with van der Waals surface area (Å²) in [5.41, 5.74) is -0.798. The average Bonchev–Trinajstić information content (AvgIpc) is 2.90. The van der Waals surface area contributed by atoms with Gasteiger partial charge in [0, 0.05) is 0 Å². The van der Waals surface area contributed by atoms with Crippen LogP contribution in [0.2, 0.25) is 0 Å². The van der Waals surface area contributed by atoms with E-state index in [1.807, 2.05) is 0 Å². The zero-order chi connectivity index (χ0) is 18.2. The standard InChI is InChI=1S/C17H12N2O6/c20-13(21)9-1-5-11(6-2-9)17(15(24)18-16(25)19-17)12-7-3-10(4-8-12)14(22)23/h1-8H,(H,20,21)(H,22,23)(H2,18,19,24,25). The molecule has 1 saturated heterocycles. The third-order valence-corrected chi connectivity index (χ3v) is 4.00. The van der Waals surface area contributed by atoms with Gasteiger partial charge in [0.05, 0.1) is 11.1 Å². The van der Waals surface area contributed by atoms with Crippen LogP contribution in [0.3, 0.4) is 0 Å². The predicted molar refractivity (Wildman–Crippen MR) is 84.3 cm³/mol. The Kier molecular flexibility index (Phi) is 3.72. The number of imide groups is 1. The molecule has 3 rings (SSSR count). The van der Waals surface area contributed by atoms with Crippen LogP contribution in [0, 0.1) is 0 Å². The van der Waals surface area contributed by atoms with E-state index in [0.717, 1.165) is 0 Å². The van der Waals surface area contributed by atoms with Gasteiger partial charge < -0.3 is 15.5 Å². The van der Waals surface area contributed by atoms with Crippen molar-refractivity contribution in [2.75, 3.05) is 0 Å². The van der Waals surface area contributed by atoms with Crippen LogP contribution >= 0.6 is 0 Å². The Bertz CT molecular complexity index is 829. The van der Waals surface area contributed by atoms with Gasteiger partial charge in [0.25, 0.3) is 5.91 Å². The molecule has 8 nitrogen and oxygen atoms in total. The predicted octanol–water partition coefficient (Wildman–Crippen LogP) is 1.17. The lowest BCUT2D eigenvalue weighted by Crippen LogP contribution is -2.44. The molecule has 0 saturated carbocycles. The Balaban J connectivity index is 2.14. The van der Waals surface area contributed by atoms with Crippen molar-refractivity contribution in [2.45, 2.75) is 5.54 Å². The number of urea groups is 1. The molecule has 25 heavy (non-hydrogen) atoms. The first-order valence-electron chi connectivity index (χ1n) is 7.16. The average molecular weight is 340 g/mol. The largest absolute Gasteiger partial charge is 0.478 e. The summed E-state index contributed by atoms with van der Waals surface area (Å²) >= 11 is 0. The smallest absolute Gasteiger partial charge is 0.335 e. The number of carboxylic acid groups (broad SMARTS) is 2. The number of carbonyl (C=O) groups is 4. The summed E-state index contributed by atoms with van der Waals surface area (Å²) in [6, 6.07) is 10.3. The Morgan fingerprint density at radius 1 is 0.760 bits per heavy atom. The molecular weight excluding hydrogens is 328 g/mol. The van der Waals surface area contributed by atoms with Gasteiger partial charge in [-0.1, -0.05) is 24.3 Å². The van der Waals surface area contributed by atoms with Crippen LogP contribution in [-0.2, 0) is 10.3 Å². The molecule has 1 fully saturated rings. The summed E-state index contributed by atoms with van der Waals surface area (Å²) in [6.45, 7) is 0. The second kappa shape index (κ2) is 5.75. The van der Waals surface area contributed by atoms with Crippen LogP contribution in [0.1, 0.15) is 31.8 Å². The monoisotopic (exact) mass is 340 g/mol. The van der Waals surface area contributed by atoms with Crippen LogP contribution in [-0.4, -0.2) is 34.1 Å². The van der Waals surface area contributed by atoms with E-state index in [1.165, 1.54) is 48.5 Å². The van der Waals surface area contributed by atoms with Crippen molar-refractivity contribution >= 4 is 23.9 Å². The second-order valence-electron chi connectivity index (χ2n) is 5.42. The lowest BCUT2D eigenvalue weighted by atomic mass is 9.82. The Morgan fingerprint density at radius 2 is 1.16 bits per heavy atom. The van der Waals surface area contributed by atoms with Crippen LogP contribution in [0.15, 0.2) is 48.5 Å². The molecule has 2 aromatic carbocycles. The minimum atomic E-state index is -1.56. The molecule has 2 aromatic rings. The van der Waals surface area contributed by atoms with Crippen molar-refractivity contribution in [3.63, 3.8) is 0 Å². The molecule has 0 radical (unpaired) electrons. The maximum Gasteiger partial charge on any atom is 0.335 e. The molecule has 3 amide bonds. The van der Waals surface area contributed by atoms with Gasteiger partial charge in [-0.3, -0.25) is 10.1 Å². The molecule has 0 unspecified atom stereocenters. The van der Waals surface area contributed by atoms with Crippen molar-refractivity contribution in [3.05, 3.63) is 70.8 Å². The Hall–Kier alpha value is -3.68. The van der Waals surface area contributed by atoms with Gasteiger partial charge in [0.2, 0.25) is 0 Å². The molecule has 1 heterocycles. The van der Waals surface area contributed by atoms with E-state index in [4.69, 9.17) is 10.2 Å². The van der Waals surface area contributed by atoms with E-state index < -0.39 is 29.4 Å². The van der Waals surface area contributed by atoms with Crippen molar-refractivity contribution < 1.29 is 29.4 Å². The first kappa shape index (κ1) is 16.2. The molecule has 4 N–H and O–H groups in total. The fraction of sp³-hybridized carbons (Fsp3) is 0.0588. The van der Waals surface area contributed by atoms with Gasteiger partial charge in [-0.15, -0.1) is 0 Å². The molecule has 0 aromatic heterocycles. The third kappa shape index (κ3) is 2.59. The quantitative estimate of drug-likeness (QED) is 0.618. The van der Waals surface area contributed by atoms with Gasteiger partial charge in [-0.25, -0.2) is 14.4 Å². The van der Waals surface area contributed by atoms with Crippen LogP contribution in [0.4, 0.5) is 4.79 Å². The molecule has 1 aliphatic rings. The summed E-state index contributed by atoms with van der Waals surface area (Å²) in [5, 5.41) is 22.7. The van der Waals surface area contributed by atoms with E-state index in [-0.39, 0.29) is 11.1 Å². The number of hydrogen-bond donors (Lipinski definition) is 4. The van der Waals surface area contributed by atoms with E-state index in [9.17, 15) is 19.2 Å². The maximum absolute atomic E-state index is 12.5. The van der Waals surface area contributed by atoms with Crippen LogP contribution in [0.5, 0.6) is 0 Å². The molecule has 8 heteroatoms. The number of carbonyl (C=O) groups excluding carboxylic acids is 2.